The summed E-state index contributed by atoms with van der Waals surface area (Å²) >= 11 is 0. The number of nitrogens with zero attached hydrogens (tertiary/aromatic N) is 2. The molecule has 4 nitrogen and oxygen atoms in total. The van der Waals surface area contributed by atoms with Gasteiger partial charge in [0.2, 0.25) is 0 Å². The molecule has 1 amide bonds. The van der Waals surface area contributed by atoms with E-state index in [0.29, 0.717) is 5.69 Å². The van der Waals surface area contributed by atoms with Crippen molar-refractivity contribution in [3.8, 4) is 0 Å². The number of anilines is 1. The summed E-state index contributed by atoms with van der Waals surface area (Å²) in [6.07, 6.45) is -1.60. The highest BCUT2D eigenvalue weighted by molar-refractivity contribution is 6.40. The van der Waals surface area contributed by atoms with Crippen LogP contribution in [0.2, 0.25) is 0 Å². The van der Waals surface area contributed by atoms with Crippen molar-refractivity contribution in [2.45, 2.75) is 6.18 Å². The number of alkyl halides is 3. The molecule has 0 atom stereocenters. The standard InChI is InChI=1S/C12H10F3N3O/c13-12(14,15)8-2-1-3-9(6-8)18-5-4-17-10(7-18)11(16)19/h1-6H,7H2,(H2,16,19). The number of rotatable bonds is 2. The number of carbonyl (C=O) groups is 1. The third kappa shape index (κ3) is 2.93. The van der Waals surface area contributed by atoms with E-state index in [0.717, 1.165) is 12.1 Å². The van der Waals surface area contributed by atoms with Crippen molar-refractivity contribution in [3.05, 3.63) is 42.2 Å². The Balaban J connectivity index is 2.27. The molecule has 2 rings (SSSR count). The minimum absolute atomic E-state index is 0.0488. The summed E-state index contributed by atoms with van der Waals surface area (Å²) in [4.78, 5) is 16.3. The van der Waals surface area contributed by atoms with Gasteiger partial charge in [0.05, 0.1) is 12.1 Å². The van der Waals surface area contributed by atoms with Gasteiger partial charge >= 0.3 is 6.18 Å². The fourth-order valence-corrected chi connectivity index (χ4v) is 1.64. The van der Waals surface area contributed by atoms with Crippen molar-refractivity contribution in [1.82, 2.24) is 0 Å². The van der Waals surface area contributed by atoms with E-state index in [1.54, 1.807) is 0 Å². The Bertz CT molecular complexity index is 564. The number of halogens is 3. The zero-order chi connectivity index (χ0) is 14.0. The predicted molar refractivity (Wildman–Crippen MR) is 64.6 cm³/mol. The maximum atomic E-state index is 12.6. The first-order valence-electron chi connectivity index (χ1n) is 5.35. The maximum absolute atomic E-state index is 12.6. The highest BCUT2D eigenvalue weighted by Gasteiger charge is 2.31. The molecule has 7 heteroatoms. The second-order valence-electron chi connectivity index (χ2n) is 3.91. The molecular formula is C12H10F3N3O. The molecule has 0 aliphatic carbocycles. The number of amides is 1. The Morgan fingerprint density at radius 1 is 1.37 bits per heavy atom. The number of aliphatic imine (C=N–C) groups is 1. The number of primary amides is 1. The van der Waals surface area contributed by atoms with Gasteiger partial charge in [0, 0.05) is 18.1 Å². The van der Waals surface area contributed by atoms with Gasteiger partial charge in [-0.15, -0.1) is 0 Å². The third-order valence-corrected chi connectivity index (χ3v) is 2.59. The fraction of sp³-hybridized carbons (Fsp3) is 0.167. The van der Waals surface area contributed by atoms with E-state index in [4.69, 9.17) is 5.73 Å². The first-order valence-corrected chi connectivity index (χ1v) is 5.35. The van der Waals surface area contributed by atoms with E-state index >= 15 is 0 Å². The molecule has 1 heterocycles. The summed E-state index contributed by atoms with van der Waals surface area (Å²) in [5.41, 5.74) is 4.76. The number of hydrogen-bond acceptors (Lipinski definition) is 3. The Morgan fingerprint density at radius 2 is 2.11 bits per heavy atom. The lowest BCUT2D eigenvalue weighted by Crippen LogP contribution is -2.35. The minimum atomic E-state index is -4.41. The van der Waals surface area contributed by atoms with Crippen molar-refractivity contribution >= 4 is 17.3 Å². The van der Waals surface area contributed by atoms with E-state index in [1.807, 2.05) is 0 Å². The molecule has 0 aromatic heterocycles. The Labute approximate surface area is 107 Å². The van der Waals surface area contributed by atoms with E-state index in [9.17, 15) is 18.0 Å². The smallest absolute Gasteiger partial charge is 0.364 e. The predicted octanol–water partition coefficient (Wildman–Crippen LogP) is 1.92. The van der Waals surface area contributed by atoms with Crippen molar-refractivity contribution < 1.29 is 18.0 Å². The monoisotopic (exact) mass is 269 g/mol. The van der Waals surface area contributed by atoms with Crippen LogP contribution in [0.4, 0.5) is 18.9 Å². The molecule has 0 unspecified atom stereocenters. The van der Waals surface area contributed by atoms with Crippen LogP contribution in [0, 0.1) is 0 Å². The molecule has 0 spiro atoms. The molecule has 2 N–H and O–H groups in total. The van der Waals surface area contributed by atoms with Crippen LogP contribution in [0.3, 0.4) is 0 Å². The summed E-state index contributed by atoms with van der Waals surface area (Å²) in [6.45, 7) is 0.0488. The first-order chi connectivity index (χ1) is 8.88. The molecule has 1 aliphatic heterocycles. The van der Waals surface area contributed by atoms with Crippen LogP contribution >= 0.6 is 0 Å². The van der Waals surface area contributed by atoms with Gasteiger partial charge in [-0.05, 0) is 18.2 Å². The summed E-state index contributed by atoms with van der Waals surface area (Å²) in [6, 6.07) is 4.82. The summed E-state index contributed by atoms with van der Waals surface area (Å²) in [5, 5.41) is 0. The highest BCUT2D eigenvalue weighted by atomic mass is 19.4. The SMILES string of the molecule is NC(=O)C1=NC=CN(c2cccc(C(F)(F)F)c2)C1. The summed E-state index contributed by atoms with van der Waals surface area (Å²) < 4.78 is 37.8. The average molecular weight is 269 g/mol. The maximum Gasteiger partial charge on any atom is 0.416 e. The number of benzene rings is 1. The van der Waals surface area contributed by atoms with Crippen molar-refractivity contribution in [2.75, 3.05) is 11.4 Å². The van der Waals surface area contributed by atoms with Crippen LogP contribution in [0.25, 0.3) is 0 Å². The fourth-order valence-electron chi connectivity index (χ4n) is 1.64. The van der Waals surface area contributed by atoms with Gasteiger partial charge in [0.15, 0.2) is 0 Å². The molecule has 1 aliphatic rings. The number of carbonyl (C=O) groups excluding carboxylic acids is 1. The Morgan fingerprint density at radius 3 is 2.74 bits per heavy atom. The Kier molecular flexibility index (Phi) is 3.28. The van der Waals surface area contributed by atoms with Crippen LogP contribution in [-0.4, -0.2) is 18.2 Å². The first kappa shape index (κ1) is 13.1. The molecule has 0 radical (unpaired) electrons. The largest absolute Gasteiger partial charge is 0.416 e. The topological polar surface area (TPSA) is 58.7 Å². The zero-order valence-corrected chi connectivity index (χ0v) is 9.69. The number of nitrogens with two attached hydrogens (primary N) is 1. The van der Waals surface area contributed by atoms with E-state index in [2.05, 4.69) is 4.99 Å². The highest BCUT2D eigenvalue weighted by Crippen LogP contribution is 2.31. The van der Waals surface area contributed by atoms with Crippen LogP contribution < -0.4 is 10.6 Å². The molecule has 1 aromatic carbocycles. The molecule has 100 valence electrons. The van der Waals surface area contributed by atoms with Gasteiger partial charge < -0.3 is 10.6 Å². The van der Waals surface area contributed by atoms with Gasteiger partial charge in [-0.2, -0.15) is 13.2 Å². The van der Waals surface area contributed by atoms with Crippen molar-refractivity contribution in [3.63, 3.8) is 0 Å². The van der Waals surface area contributed by atoms with Gasteiger partial charge in [-0.1, -0.05) is 6.07 Å². The average Bonchev–Trinajstić information content (AvgIpc) is 2.38. The van der Waals surface area contributed by atoms with Gasteiger partial charge in [-0.3, -0.25) is 9.79 Å². The van der Waals surface area contributed by atoms with Gasteiger partial charge in [0.1, 0.15) is 5.71 Å². The van der Waals surface area contributed by atoms with Crippen LogP contribution in [0.1, 0.15) is 5.56 Å². The Hall–Kier alpha value is -2.31. The molecule has 19 heavy (non-hydrogen) atoms. The molecule has 1 aromatic rings. The quantitative estimate of drug-likeness (QED) is 0.891. The van der Waals surface area contributed by atoms with Crippen LogP contribution in [0.5, 0.6) is 0 Å². The van der Waals surface area contributed by atoms with E-state index in [1.165, 1.54) is 29.4 Å². The second kappa shape index (κ2) is 4.75. The lowest BCUT2D eigenvalue weighted by atomic mass is 10.1. The van der Waals surface area contributed by atoms with Crippen molar-refractivity contribution in [2.24, 2.45) is 10.7 Å². The normalized spacial score (nSPS) is 15.3. The molecule has 0 saturated heterocycles. The van der Waals surface area contributed by atoms with Crippen LogP contribution in [-0.2, 0) is 11.0 Å². The van der Waals surface area contributed by atoms with E-state index in [-0.39, 0.29) is 12.3 Å². The number of hydrogen-bond donors (Lipinski definition) is 1. The van der Waals surface area contributed by atoms with Crippen molar-refractivity contribution in [1.29, 1.82) is 0 Å². The van der Waals surface area contributed by atoms with E-state index < -0.39 is 17.6 Å². The lowest BCUT2D eigenvalue weighted by molar-refractivity contribution is -0.137. The molecule has 0 bridgehead atoms. The van der Waals surface area contributed by atoms with Gasteiger partial charge in [0.25, 0.3) is 5.91 Å². The third-order valence-electron chi connectivity index (χ3n) is 2.59. The molecule has 0 fully saturated rings. The molecular weight excluding hydrogens is 259 g/mol. The van der Waals surface area contributed by atoms with Gasteiger partial charge in [-0.25, -0.2) is 0 Å². The second-order valence-corrected chi connectivity index (χ2v) is 3.91. The minimum Gasteiger partial charge on any atom is -0.364 e. The molecule has 0 saturated carbocycles. The van der Waals surface area contributed by atoms with Crippen LogP contribution in [0.15, 0.2) is 41.7 Å². The zero-order valence-electron chi connectivity index (χ0n) is 9.69. The summed E-state index contributed by atoms with van der Waals surface area (Å²) in [5.74, 6) is -0.693. The lowest BCUT2D eigenvalue weighted by Gasteiger charge is -2.23. The summed E-state index contributed by atoms with van der Waals surface area (Å²) in [7, 11) is 0.